The predicted molar refractivity (Wildman–Crippen MR) is 265 cm³/mol. The van der Waals surface area contributed by atoms with Crippen LogP contribution in [0.15, 0.2) is 109 Å². The molecule has 0 amide bonds. The molecule has 1 saturated heterocycles. The second kappa shape index (κ2) is 45.0. The molecule has 64 heavy (non-hydrogen) atoms. The van der Waals surface area contributed by atoms with E-state index < -0.39 is 43.4 Å². The van der Waals surface area contributed by atoms with E-state index in [1.54, 1.807) is 0 Å². The Morgan fingerprint density at radius 2 is 0.906 bits per heavy atom. The second-order valence-corrected chi connectivity index (χ2v) is 16.5. The number of ether oxygens (including phenoxy) is 4. The maximum atomic E-state index is 12.8. The van der Waals surface area contributed by atoms with Gasteiger partial charge in [-0.1, -0.05) is 187 Å². The van der Waals surface area contributed by atoms with Crippen molar-refractivity contribution in [2.75, 3.05) is 26.4 Å². The topological polar surface area (TPSA) is 135 Å². The lowest BCUT2D eigenvalue weighted by atomic mass is 9.99. The SMILES string of the molecule is CC/C=C\C/C=C\C/C=C\C/C=C\C/C=C\CCOCC(COC1OC(CO)C(O)C(O)C1O)OC(=O)CCCCCCCCCCCCCC/C=C\C/C=C\C/C=C\C/C=C\CC. The van der Waals surface area contributed by atoms with Crippen molar-refractivity contribution in [2.45, 2.75) is 205 Å². The minimum absolute atomic E-state index is 0.0832. The molecular formula is C55H90O9. The van der Waals surface area contributed by atoms with Crippen molar-refractivity contribution in [3.63, 3.8) is 0 Å². The van der Waals surface area contributed by atoms with Gasteiger partial charge in [-0.25, -0.2) is 0 Å². The Hall–Kier alpha value is -3.15. The summed E-state index contributed by atoms with van der Waals surface area (Å²) in [5.74, 6) is -0.345. The molecular weight excluding hydrogens is 805 g/mol. The van der Waals surface area contributed by atoms with Gasteiger partial charge in [-0.15, -0.1) is 0 Å². The predicted octanol–water partition coefficient (Wildman–Crippen LogP) is 12.1. The van der Waals surface area contributed by atoms with Gasteiger partial charge in [-0.05, 0) is 83.5 Å². The monoisotopic (exact) mass is 895 g/mol. The average molecular weight is 895 g/mol. The quantitative estimate of drug-likeness (QED) is 0.0269. The van der Waals surface area contributed by atoms with Crippen LogP contribution in [0.5, 0.6) is 0 Å². The summed E-state index contributed by atoms with van der Waals surface area (Å²) in [4.78, 5) is 12.8. The summed E-state index contributed by atoms with van der Waals surface area (Å²) >= 11 is 0. The van der Waals surface area contributed by atoms with Crippen LogP contribution in [-0.2, 0) is 23.7 Å². The lowest BCUT2D eigenvalue weighted by Crippen LogP contribution is -2.59. The van der Waals surface area contributed by atoms with Crippen LogP contribution in [0.2, 0.25) is 0 Å². The molecule has 1 fully saturated rings. The summed E-state index contributed by atoms with van der Waals surface area (Å²) in [6.45, 7) is 4.09. The van der Waals surface area contributed by atoms with Crippen molar-refractivity contribution in [3.05, 3.63) is 109 Å². The van der Waals surface area contributed by atoms with E-state index in [0.717, 1.165) is 77.0 Å². The van der Waals surface area contributed by atoms with Crippen LogP contribution in [0.25, 0.3) is 0 Å². The highest BCUT2D eigenvalue weighted by Gasteiger charge is 2.44. The molecule has 0 aromatic carbocycles. The molecule has 0 aromatic heterocycles. The summed E-state index contributed by atoms with van der Waals surface area (Å²) in [6.07, 6.45) is 57.1. The van der Waals surface area contributed by atoms with Gasteiger partial charge in [0.15, 0.2) is 6.29 Å². The first-order chi connectivity index (χ1) is 31.4. The number of aliphatic hydroxyl groups is 4. The molecule has 9 nitrogen and oxygen atoms in total. The molecule has 0 spiro atoms. The molecule has 0 saturated carbocycles. The first-order valence-corrected chi connectivity index (χ1v) is 25.0. The van der Waals surface area contributed by atoms with Crippen LogP contribution in [-0.4, -0.2) is 89.6 Å². The zero-order chi connectivity index (χ0) is 46.4. The maximum Gasteiger partial charge on any atom is 0.306 e. The van der Waals surface area contributed by atoms with E-state index in [2.05, 4.69) is 123 Å². The number of carbonyl (C=O) groups excluding carboxylic acids is 1. The summed E-state index contributed by atoms with van der Waals surface area (Å²) < 4.78 is 22.7. The third kappa shape index (κ3) is 35.2. The van der Waals surface area contributed by atoms with Gasteiger partial charge in [-0.2, -0.15) is 0 Å². The number of aliphatic hydroxyl groups excluding tert-OH is 4. The minimum atomic E-state index is -1.56. The highest BCUT2D eigenvalue weighted by molar-refractivity contribution is 5.69. The van der Waals surface area contributed by atoms with Gasteiger partial charge in [0.2, 0.25) is 0 Å². The largest absolute Gasteiger partial charge is 0.457 e. The van der Waals surface area contributed by atoms with E-state index in [1.807, 2.05) is 0 Å². The summed E-state index contributed by atoms with van der Waals surface area (Å²) in [6, 6.07) is 0. The summed E-state index contributed by atoms with van der Waals surface area (Å²) in [5, 5.41) is 40.2. The van der Waals surface area contributed by atoms with Gasteiger partial charge in [0.05, 0.1) is 26.4 Å². The number of allylic oxidation sites excluding steroid dienone is 17. The first kappa shape index (κ1) is 58.9. The third-order valence-corrected chi connectivity index (χ3v) is 10.7. The molecule has 1 heterocycles. The van der Waals surface area contributed by atoms with Gasteiger partial charge < -0.3 is 39.4 Å². The molecule has 364 valence electrons. The number of hydrogen-bond acceptors (Lipinski definition) is 9. The van der Waals surface area contributed by atoms with Crippen molar-refractivity contribution >= 4 is 5.97 Å². The number of hydrogen-bond donors (Lipinski definition) is 4. The zero-order valence-electron chi connectivity index (χ0n) is 40.0. The van der Waals surface area contributed by atoms with Gasteiger partial charge in [-0.3, -0.25) is 4.79 Å². The molecule has 1 aliphatic rings. The maximum absolute atomic E-state index is 12.8. The lowest BCUT2D eigenvalue weighted by molar-refractivity contribution is -0.305. The number of unbranched alkanes of at least 4 members (excludes halogenated alkanes) is 12. The van der Waals surface area contributed by atoms with Crippen molar-refractivity contribution in [2.24, 2.45) is 0 Å². The highest BCUT2D eigenvalue weighted by atomic mass is 16.7. The Labute approximate surface area is 389 Å². The first-order valence-electron chi connectivity index (χ1n) is 25.0. The molecule has 0 bridgehead atoms. The van der Waals surface area contributed by atoms with Crippen LogP contribution >= 0.6 is 0 Å². The molecule has 1 aliphatic heterocycles. The smallest absolute Gasteiger partial charge is 0.306 e. The van der Waals surface area contributed by atoms with Crippen LogP contribution in [0.1, 0.15) is 168 Å². The molecule has 6 unspecified atom stereocenters. The fourth-order valence-corrected chi connectivity index (χ4v) is 6.90. The molecule has 6 atom stereocenters. The van der Waals surface area contributed by atoms with Crippen LogP contribution in [0.3, 0.4) is 0 Å². The van der Waals surface area contributed by atoms with Gasteiger partial charge in [0.25, 0.3) is 0 Å². The fraction of sp³-hybridized carbons (Fsp3) is 0.655. The zero-order valence-corrected chi connectivity index (χ0v) is 40.0. The van der Waals surface area contributed by atoms with E-state index in [-0.39, 0.29) is 19.2 Å². The normalized spacial score (nSPS) is 20.5. The summed E-state index contributed by atoms with van der Waals surface area (Å²) in [5.41, 5.74) is 0. The Morgan fingerprint density at radius 1 is 0.500 bits per heavy atom. The fourth-order valence-electron chi connectivity index (χ4n) is 6.90. The molecule has 4 N–H and O–H groups in total. The van der Waals surface area contributed by atoms with E-state index in [4.69, 9.17) is 18.9 Å². The number of carbonyl (C=O) groups is 1. The van der Waals surface area contributed by atoms with Crippen molar-refractivity contribution in [3.8, 4) is 0 Å². The molecule has 0 aromatic rings. The van der Waals surface area contributed by atoms with E-state index >= 15 is 0 Å². The Bertz CT molecular complexity index is 1340. The number of rotatable bonds is 41. The Morgan fingerprint density at radius 3 is 1.36 bits per heavy atom. The molecule has 0 radical (unpaired) electrons. The lowest BCUT2D eigenvalue weighted by Gasteiger charge is -2.39. The second-order valence-electron chi connectivity index (χ2n) is 16.5. The standard InChI is InChI=1S/C55H90O9/c1-3-5-7-9-11-13-15-17-19-21-22-23-24-25-26-27-28-29-30-32-34-36-38-40-42-44-51(57)63-49(48-62-55-54(60)53(59)52(58)50(46-56)64-55)47-61-45-43-41-39-37-35-33-31-20-18-16-14-12-10-8-6-4-2/h5-8,11-14,17-20,22-23,33,35,39,41,49-50,52-56,58-60H,3-4,9-10,15-16,21,24-32,34,36-38,40,42-48H2,1-2H3/b7-5-,8-6-,13-11-,14-12-,19-17-,20-18-,23-22-,35-33-,41-39-. The van der Waals surface area contributed by atoms with Crippen LogP contribution < -0.4 is 0 Å². The van der Waals surface area contributed by atoms with Crippen molar-refractivity contribution in [1.29, 1.82) is 0 Å². The van der Waals surface area contributed by atoms with Crippen molar-refractivity contribution < 1.29 is 44.2 Å². The third-order valence-electron chi connectivity index (χ3n) is 10.7. The average Bonchev–Trinajstić information content (AvgIpc) is 3.30. The van der Waals surface area contributed by atoms with E-state index in [9.17, 15) is 25.2 Å². The van der Waals surface area contributed by atoms with Gasteiger partial charge in [0, 0.05) is 6.42 Å². The number of esters is 1. The van der Waals surface area contributed by atoms with E-state index in [1.165, 1.54) is 64.2 Å². The highest BCUT2D eigenvalue weighted by Crippen LogP contribution is 2.22. The molecule has 1 rings (SSSR count). The Kier molecular flexibility index (Phi) is 41.4. The minimum Gasteiger partial charge on any atom is -0.457 e. The summed E-state index contributed by atoms with van der Waals surface area (Å²) in [7, 11) is 0. The molecule has 0 aliphatic carbocycles. The Balaban J connectivity index is 2.24. The van der Waals surface area contributed by atoms with E-state index in [0.29, 0.717) is 19.4 Å². The van der Waals surface area contributed by atoms with Crippen LogP contribution in [0, 0.1) is 0 Å². The molecule has 9 heteroatoms. The van der Waals surface area contributed by atoms with Crippen molar-refractivity contribution in [1.82, 2.24) is 0 Å². The van der Waals surface area contributed by atoms with Gasteiger partial charge in [0.1, 0.15) is 30.5 Å². The van der Waals surface area contributed by atoms with Gasteiger partial charge >= 0.3 is 5.97 Å². The van der Waals surface area contributed by atoms with Crippen LogP contribution in [0.4, 0.5) is 0 Å².